The fourth-order valence-electron chi connectivity index (χ4n) is 2.92. The number of amides is 1. The van der Waals surface area contributed by atoms with Crippen molar-refractivity contribution >= 4 is 33.2 Å². The number of hydrogen-bond donors (Lipinski definition) is 1. The molecule has 0 spiro atoms. The van der Waals surface area contributed by atoms with Gasteiger partial charge in [-0.25, -0.2) is 8.42 Å². The van der Waals surface area contributed by atoms with Crippen molar-refractivity contribution in [2.45, 2.75) is 25.8 Å². The molecular weight excluding hydrogens is 400 g/mol. The van der Waals surface area contributed by atoms with Crippen molar-refractivity contribution in [2.75, 3.05) is 24.2 Å². The molecule has 28 heavy (non-hydrogen) atoms. The van der Waals surface area contributed by atoms with E-state index in [-0.39, 0.29) is 11.6 Å². The standard InChI is InChI=1S/C20H25ClN2O4S/c1-14(16-8-6-5-7-9-16)13-22-20(24)15(2)23(28(4,25)26)18-12-17(21)10-11-19(18)27-3/h5-12,14-15H,13H2,1-4H3,(H,22,24)/t14-,15+/m0/s1. The molecule has 0 aliphatic carbocycles. The summed E-state index contributed by atoms with van der Waals surface area (Å²) in [4.78, 5) is 12.7. The number of carbonyl (C=O) groups is 1. The van der Waals surface area contributed by atoms with E-state index in [4.69, 9.17) is 16.3 Å². The quantitative estimate of drug-likeness (QED) is 0.704. The van der Waals surface area contributed by atoms with Crippen LogP contribution >= 0.6 is 11.6 Å². The van der Waals surface area contributed by atoms with E-state index in [0.29, 0.717) is 17.3 Å². The molecule has 8 heteroatoms. The van der Waals surface area contributed by atoms with E-state index in [0.717, 1.165) is 16.1 Å². The van der Waals surface area contributed by atoms with Gasteiger partial charge in [0.05, 0.1) is 19.1 Å². The molecule has 0 saturated carbocycles. The average molecular weight is 425 g/mol. The van der Waals surface area contributed by atoms with Crippen molar-refractivity contribution in [3.05, 3.63) is 59.1 Å². The number of rotatable bonds is 8. The van der Waals surface area contributed by atoms with E-state index in [1.165, 1.54) is 20.1 Å². The van der Waals surface area contributed by atoms with Gasteiger partial charge in [0.15, 0.2) is 0 Å². The van der Waals surface area contributed by atoms with Crippen molar-refractivity contribution in [1.29, 1.82) is 0 Å². The minimum absolute atomic E-state index is 0.0877. The number of methoxy groups -OCH3 is 1. The highest BCUT2D eigenvalue weighted by atomic mass is 35.5. The van der Waals surface area contributed by atoms with Crippen molar-refractivity contribution in [3.8, 4) is 5.75 Å². The molecule has 0 fully saturated rings. The zero-order chi connectivity index (χ0) is 20.9. The summed E-state index contributed by atoms with van der Waals surface area (Å²) in [7, 11) is -2.34. The zero-order valence-electron chi connectivity index (χ0n) is 16.3. The third kappa shape index (κ3) is 5.39. The number of nitrogens with one attached hydrogen (secondary N) is 1. The lowest BCUT2D eigenvalue weighted by Crippen LogP contribution is -2.48. The Morgan fingerprint density at radius 3 is 2.39 bits per heavy atom. The Morgan fingerprint density at radius 1 is 1.18 bits per heavy atom. The summed E-state index contributed by atoms with van der Waals surface area (Å²) in [6, 6.07) is 13.4. The largest absolute Gasteiger partial charge is 0.495 e. The van der Waals surface area contributed by atoms with Crippen LogP contribution in [-0.4, -0.2) is 40.3 Å². The van der Waals surface area contributed by atoms with Gasteiger partial charge in [-0.05, 0) is 36.6 Å². The van der Waals surface area contributed by atoms with Crippen molar-refractivity contribution in [2.24, 2.45) is 0 Å². The van der Waals surface area contributed by atoms with E-state index in [1.54, 1.807) is 12.1 Å². The van der Waals surface area contributed by atoms with Crippen LogP contribution in [0.3, 0.4) is 0 Å². The first-order chi connectivity index (χ1) is 13.1. The van der Waals surface area contributed by atoms with Crippen LogP contribution in [0.5, 0.6) is 5.75 Å². The zero-order valence-corrected chi connectivity index (χ0v) is 17.9. The highest BCUT2D eigenvalue weighted by Gasteiger charge is 2.31. The lowest BCUT2D eigenvalue weighted by molar-refractivity contribution is -0.121. The maximum absolute atomic E-state index is 12.7. The molecule has 2 aromatic carbocycles. The van der Waals surface area contributed by atoms with Crippen LogP contribution in [0.1, 0.15) is 25.3 Å². The Morgan fingerprint density at radius 2 is 1.82 bits per heavy atom. The number of benzene rings is 2. The first kappa shape index (κ1) is 22.0. The van der Waals surface area contributed by atoms with Gasteiger partial charge < -0.3 is 10.1 Å². The van der Waals surface area contributed by atoms with Crippen LogP contribution in [0.15, 0.2) is 48.5 Å². The summed E-state index contributed by atoms with van der Waals surface area (Å²) in [5.41, 5.74) is 1.31. The number of sulfonamides is 1. The summed E-state index contributed by atoms with van der Waals surface area (Å²) < 4.78 is 31.2. The molecule has 0 heterocycles. The second kappa shape index (κ2) is 9.30. The molecule has 2 atom stereocenters. The van der Waals surface area contributed by atoms with Crippen LogP contribution < -0.4 is 14.4 Å². The predicted octanol–water partition coefficient (Wildman–Crippen LogP) is 3.42. The summed E-state index contributed by atoms with van der Waals surface area (Å²) in [5.74, 6) is -0.00731. The van der Waals surface area contributed by atoms with Crippen molar-refractivity contribution < 1.29 is 17.9 Å². The maximum atomic E-state index is 12.7. The molecule has 0 aliphatic rings. The van der Waals surface area contributed by atoms with Crippen molar-refractivity contribution in [3.63, 3.8) is 0 Å². The van der Waals surface area contributed by atoms with Gasteiger partial charge in [0.1, 0.15) is 11.8 Å². The molecule has 152 valence electrons. The van der Waals surface area contributed by atoms with Crippen LogP contribution in [-0.2, 0) is 14.8 Å². The normalized spacial score (nSPS) is 13.5. The van der Waals surface area contributed by atoms with Gasteiger partial charge >= 0.3 is 0 Å². The van der Waals surface area contributed by atoms with Gasteiger partial charge in [0.25, 0.3) is 0 Å². The van der Waals surface area contributed by atoms with Gasteiger partial charge in [-0.2, -0.15) is 0 Å². The van der Waals surface area contributed by atoms with Gasteiger partial charge in [-0.1, -0.05) is 48.9 Å². The third-order valence-electron chi connectivity index (χ3n) is 4.42. The van der Waals surface area contributed by atoms with Gasteiger partial charge in [-0.15, -0.1) is 0 Å². The monoisotopic (exact) mass is 424 g/mol. The highest BCUT2D eigenvalue weighted by molar-refractivity contribution is 7.92. The van der Waals surface area contributed by atoms with Gasteiger partial charge in [0, 0.05) is 11.6 Å². The van der Waals surface area contributed by atoms with Gasteiger partial charge in [0.2, 0.25) is 15.9 Å². The van der Waals surface area contributed by atoms with E-state index >= 15 is 0 Å². The molecule has 2 aromatic rings. The van der Waals surface area contributed by atoms with Crippen LogP contribution in [0, 0.1) is 0 Å². The Hall–Kier alpha value is -2.25. The lowest BCUT2D eigenvalue weighted by Gasteiger charge is -2.29. The summed E-state index contributed by atoms with van der Waals surface area (Å²) in [5, 5.41) is 3.18. The van der Waals surface area contributed by atoms with Crippen LogP contribution in [0.4, 0.5) is 5.69 Å². The fraction of sp³-hybridized carbons (Fsp3) is 0.350. The van der Waals surface area contributed by atoms with E-state index in [1.807, 2.05) is 37.3 Å². The number of anilines is 1. The Bertz CT molecular complexity index is 919. The first-order valence-electron chi connectivity index (χ1n) is 8.80. The predicted molar refractivity (Wildman–Crippen MR) is 113 cm³/mol. The summed E-state index contributed by atoms with van der Waals surface area (Å²) in [6.45, 7) is 3.91. The molecule has 6 nitrogen and oxygen atoms in total. The molecule has 0 unspecified atom stereocenters. The second-order valence-corrected chi connectivity index (χ2v) is 8.90. The van der Waals surface area contributed by atoms with Gasteiger partial charge in [-0.3, -0.25) is 9.10 Å². The number of hydrogen-bond acceptors (Lipinski definition) is 4. The summed E-state index contributed by atoms with van der Waals surface area (Å²) >= 11 is 6.05. The first-order valence-corrected chi connectivity index (χ1v) is 11.0. The highest BCUT2D eigenvalue weighted by Crippen LogP contribution is 2.34. The fourth-order valence-corrected chi connectivity index (χ4v) is 4.25. The average Bonchev–Trinajstić information content (AvgIpc) is 2.65. The van der Waals surface area contributed by atoms with E-state index < -0.39 is 22.0 Å². The Balaban J connectivity index is 2.23. The van der Waals surface area contributed by atoms with Crippen LogP contribution in [0.25, 0.3) is 0 Å². The van der Waals surface area contributed by atoms with Crippen LogP contribution in [0.2, 0.25) is 5.02 Å². The second-order valence-electron chi connectivity index (χ2n) is 6.61. The summed E-state index contributed by atoms with van der Waals surface area (Å²) in [6.07, 6.45) is 1.05. The molecule has 0 aliphatic heterocycles. The number of halogens is 1. The minimum atomic E-state index is -3.77. The van der Waals surface area contributed by atoms with Crippen molar-refractivity contribution in [1.82, 2.24) is 5.32 Å². The Labute approximate surface area is 171 Å². The number of carbonyl (C=O) groups excluding carboxylic acids is 1. The molecule has 2 rings (SSSR count). The SMILES string of the molecule is COc1ccc(Cl)cc1N([C@H](C)C(=O)NC[C@H](C)c1ccccc1)S(C)(=O)=O. The third-order valence-corrected chi connectivity index (χ3v) is 5.88. The molecule has 0 saturated heterocycles. The van der Waals surface area contributed by atoms with E-state index in [2.05, 4.69) is 5.32 Å². The molecule has 0 aromatic heterocycles. The maximum Gasteiger partial charge on any atom is 0.243 e. The topological polar surface area (TPSA) is 75.7 Å². The molecule has 0 radical (unpaired) electrons. The molecular formula is C20H25ClN2O4S. The Kier molecular flexibility index (Phi) is 7.32. The molecule has 1 amide bonds. The molecule has 1 N–H and O–H groups in total. The lowest BCUT2D eigenvalue weighted by atomic mass is 10.0. The molecule has 0 bridgehead atoms. The smallest absolute Gasteiger partial charge is 0.243 e. The number of nitrogens with zero attached hydrogens (tertiary/aromatic N) is 1. The number of ether oxygens (including phenoxy) is 1. The minimum Gasteiger partial charge on any atom is -0.495 e. The van der Waals surface area contributed by atoms with E-state index in [9.17, 15) is 13.2 Å².